The number of epoxide rings is 2. The predicted molar refractivity (Wildman–Crippen MR) is 59.9 cm³/mol. The number of hydrogen-bond donors (Lipinski definition) is 0. The monoisotopic (exact) mass is 212 g/mol. The summed E-state index contributed by atoms with van der Waals surface area (Å²) in [5.74, 6) is 0. The summed E-state index contributed by atoms with van der Waals surface area (Å²) in [4.78, 5) is 0. The van der Waals surface area contributed by atoms with Crippen molar-refractivity contribution in [3.05, 3.63) is 60.7 Å². The zero-order valence-corrected chi connectivity index (χ0v) is 8.80. The van der Waals surface area contributed by atoms with Gasteiger partial charge in [0.25, 0.3) is 0 Å². The Morgan fingerprint density at radius 1 is 1.25 bits per heavy atom. The van der Waals surface area contributed by atoms with Gasteiger partial charge in [0.2, 0.25) is 0 Å². The first-order valence-electron chi connectivity index (χ1n) is 5.56. The van der Waals surface area contributed by atoms with Gasteiger partial charge >= 0.3 is 0 Å². The zero-order chi connectivity index (χ0) is 10.8. The molecule has 3 aliphatic rings. The van der Waals surface area contributed by atoms with Crippen LogP contribution in [0.1, 0.15) is 5.56 Å². The highest BCUT2D eigenvalue weighted by Gasteiger charge is 2.79. The number of ether oxygens (including phenoxy) is 2. The van der Waals surface area contributed by atoms with Crippen molar-refractivity contribution >= 4 is 0 Å². The smallest absolute Gasteiger partial charge is 0.153 e. The molecular formula is C14H12O2. The van der Waals surface area contributed by atoms with Crippen molar-refractivity contribution in [1.29, 1.82) is 0 Å². The van der Waals surface area contributed by atoms with E-state index in [1.165, 1.54) is 5.56 Å². The summed E-state index contributed by atoms with van der Waals surface area (Å²) in [6, 6.07) is 10.3. The van der Waals surface area contributed by atoms with Gasteiger partial charge < -0.3 is 9.47 Å². The minimum Gasteiger partial charge on any atom is -0.361 e. The maximum atomic E-state index is 6.01. The summed E-state index contributed by atoms with van der Waals surface area (Å²) in [7, 11) is 0. The SMILES string of the molecule is C=CC12OC1(c1ccccc1)C=CC1OC12. The largest absolute Gasteiger partial charge is 0.361 e. The van der Waals surface area contributed by atoms with E-state index in [0.29, 0.717) is 0 Å². The molecule has 0 N–H and O–H groups in total. The van der Waals surface area contributed by atoms with Gasteiger partial charge in [0.15, 0.2) is 5.60 Å². The molecule has 2 saturated heterocycles. The third-order valence-corrected chi connectivity index (χ3v) is 3.84. The maximum Gasteiger partial charge on any atom is 0.153 e. The minimum atomic E-state index is -0.326. The Bertz CT molecular complexity index is 493. The van der Waals surface area contributed by atoms with Crippen LogP contribution < -0.4 is 0 Å². The lowest BCUT2D eigenvalue weighted by Gasteiger charge is -2.15. The van der Waals surface area contributed by atoms with Crippen LogP contribution >= 0.6 is 0 Å². The Hall–Kier alpha value is -1.38. The van der Waals surface area contributed by atoms with Gasteiger partial charge in [0.05, 0.1) is 0 Å². The van der Waals surface area contributed by atoms with E-state index in [-0.39, 0.29) is 23.4 Å². The van der Waals surface area contributed by atoms with E-state index in [0.717, 1.165) is 0 Å². The van der Waals surface area contributed by atoms with Crippen molar-refractivity contribution in [3.63, 3.8) is 0 Å². The summed E-state index contributed by atoms with van der Waals surface area (Å²) in [6.07, 6.45) is 6.52. The Morgan fingerprint density at radius 2 is 2.06 bits per heavy atom. The van der Waals surface area contributed by atoms with E-state index >= 15 is 0 Å². The van der Waals surface area contributed by atoms with E-state index in [9.17, 15) is 0 Å². The lowest BCUT2D eigenvalue weighted by molar-refractivity contribution is 0.259. The first kappa shape index (κ1) is 8.74. The van der Waals surface area contributed by atoms with Gasteiger partial charge in [-0.2, -0.15) is 0 Å². The topological polar surface area (TPSA) is 25.1 Å². The van der Waals surface area contributed by atoms with Gasteiger partial charge in [-0.05, 0) is 11.6 Å². The quantitative estimate of drug-likeness (QED) is 0.554. The van der Waals surface area contributed by atoms with E-state index in [1.807, 2.05) is 24.3 Å². The van der Waals surface area contributed by atoms with Crippen LogP contribution in [-0.2, 0) is 15.1 Å². The van der Waals surface area contributed by atoms with Crippen molar-refractivity contribution in [1.82, 2.24) is 0 Å². The number of rotatable bonds is 2. The highest BCUT2D eigenvalue weighted by molar-refractivity contribution is 5.50. The Morgan fingerprint density at radius 3 is 2.81 bits per heavy atom. The zero-order valence-electron chi connectivity index (χ0n) is 8.80. The molecule has 1 aliphatic carbocycles. The van der Waals surface area contributed by atoms with Crippen molar-refractivity contribution in [3.8, 4) is 0 Å². The molecule has 1 aromatic carbocycles. The molecule has 80 valence electrons. The molecule has 1 aromatic rings. The third kappa shape index (κ3) is 0.784. The number of benzene rings is 1. The molecular weight excluding hydrogens is 200 g/mol. The van der Waals surface area contributed by atoms with Crippen LogP contribution in [0.15, 0.2) is 55.1 Å². The van der Waals surface area contributed by atoms with Gasteiger partial charge in [0, 0.05) is 0 Å². The Kier molecular flexibility index (Phi) is 1.35. The van der Waals surface area contributed by atoms with Crippen LogP contribution in [0, 0.1) is 0 Å². The average Bonchev–Trinajstić information content (AvgIpc) is 3.21. The molecule has 0 spiro atoms. The summed E-state index contributed by atoms with van der Waals surface area (Å²) in [5.41, 5.74) is 0.529. The first-order chi connectivity index (χ1) is 7.82. The van der Waals surface area contributed by atoms with E-state index in [1.54, 1.807) is 0 Å². The molecule has 2 fully saturated rings. The highest BCUT2D eigenvalue weighted by Crippen LogP contribution is 2.66. The summed E-state index contributed by atoms with van der Waals surface area (Å²) >= 11 is 0. The third-order valence-electron chi connectivity index (χ3n) is 3.84. The fourth-order valence-corrected chi connectivity index (χ4v) is 2.90. The molecule has 0 radical (unpaired) electrons. The number of fused-ring (bicyclic) bond motifs is 3. The minimum absolute atomic E-state index is 0.162. The van der Waals surface area contributed by atoms with Crippen molar-refractivity contribution in [2.45, 2.75) is 23.4 Å². The lowest BCUT2D eigenvalue weighted by Crippen LogP contribution is -2.30. The maximum absolute atomic E-state index is 6.01. The van der Waals surface area contributed by atoms with E-state index in [2.05, 4.69) is 30.9 Å². The first-order valence-corrected chi connectivity index (χ1v) is 5.56. The predicted octanol–water partition coefficient (Wildman–Crippen LogP) is 2.17. The molecule has 16 heavy (non-hydrogen) atoms. The van der Waals surface area contributed by atoms with Crippen LogP contribution in [0.2, 0.25) is 0 Å². The second kappa shape index (κ2) is 2.47. The Labute approximate surface area is 94.2 Å². The molecule has 4 rings (SSSR count). The molecule has 2 nitrogen and oxygen atoms in total. The fourth-order valence-electron chi connectivity index (χ4n) is 2.90. The fraction of sp³-hybridized carbons (Fsp3) is 0.286. The molecule has 0 aromatic heterocycles. The van der Waals surface area contributed by atoms with Crippen molar-refractivity contribution in [2.75, 3.05) is 0 Å². The molecule has 2 aliphatic heterocycles. The molecule has 2 heteroatoms. The molecule has 4 unspecified atom stereocenters. The summed E-state index contributed by atoms with van der Waals surface area (Å²) in [6.45, 7) is 3.91. The highest BCUT2D eigenvalue weighted by atomic mass is 16.7. The second-order valence-electron chi connectivity index (χ2n) is 4.58. The number of hydrogen-bond acceptors (Lipinski definition) is 2. The summed E-state index contributed by atoms with van der Waals surface area (Å²) in [5, 5.41) is 0. The van der Waals surface area contributed by atoms with Gasteiger partial charge in [0.1, 0.15) is 17.8 Å². The van der Waals surface area contributed by atoms with Crippen molar-refractivity contribution < 1.29 is 9.47 Å². The van der Waals surface area contributed by atoms with Crippen LogP contribution in [0.3, 0.4) is 0 Å². The van der Waals surface area contributed by atoms with E-state index < -0.39 is 0 Å². The van der Waals surface area contributed by atoms with Gasteiger partial charge in [-0.25, -0.2) is 0 Å². The summed E-state index contributed by atoms with van der Waals surface area (Å²) < 4.78 is 11.6. The standard InChI is InChI=1S/C14H12O2/c1-2-13-12-11(15-12)8-9-14(13,16-13)10-6-4-3-5-7-10/h2-9,11-12H,1H2. The van der Waals surface area contributed by atoms with Crippen LogP contribution in [-0.4, -0.2) is 17.8 Å². The van der Waals surface area contributed by atoms with Gasteiger partial charge in [-0.3, -0.25) is 0 Å². The lowest BCUT2D eigenvalue weighted by atomic mass is 9.80. The molecule has 4 atom stereocenters. The molecule has 2 heterocycles. The Balaban J connectivity index is 1.87. The van der Waals surface area contributed by atoms with Crippen LogP contribution in [0.5, 0.6) is 0 Å². The van der Waals surface area contributed by atoms with E-state index in [4.69, 9.17) is 9.47 Å². The molecule has 0 bridgehead atoms. The second-order valence-corrected chi connectivity index (χ2v) is 4.58. The van der Waals surface area contributed by atoms with Gasteiger partial charge in [-0.15, -0.1) is 0 Å². The van der Waals surface area contributed by atoms with Crippen LogP contribution in [0.25, 0.3) is 0 Å². The normalized spacial score (nSPS) is 46.8. The molecule has 0 amide bonds. The molecule has 0 saturated carbocycles. The average molecular weight is 212 g/mol. The van der Waals surface area contributed by atoms with Crippen LogP contribution in [0.4, 0.5) is 0 Å². The van der Waals surface area contributed by atoms with Gasteiger partial charge in [-0.1, -0.05) is 49.1 Å². The van der Waals surface area contributed by atoms with Crippen molar-refractivity contribution in [2.24, 2.45) is 0 Å².